The van der Waals surface area contributed by atoms with Gasteiger partial charge in [0.25, 0.3) is 5.69 Å². The predicted octanol–water partition coefficient (Wildman–Crippen LogP) is 5.81. The molecule has 0 saturated carbocycles. The van der Waals surface area contributed by atoms with Crippen LogP contribution in [0.15, 0.2) is 66.4 Å². The fourth-order valence-corrected chi connectivity index (χ4v) is 4.76. The van der Waals surface area contributed by atoms with Crippen LogP contribution >= 0.6 is 19.5 Å². The Bertz CT molecular complexity index is 908. The molecule has 0 aliphatic carbocycles. The Hall–Kier alpha value is -2.48. The van der Waals surface area contributed by atoms with Gasteiger partial charge in [-0.05, 0) is 62.6 Å². The van der Waals surface area contributed by atoms with Crippen molar-refractivity contribution in [1.29, 1.82) is 0 Å². The SMILES string of the molecule is CC=C(OCC)[C@H](CCSC)NP(=O)(Oc1ccccc1)Oc1ccc([N+](=O)[O-])cc1. The third-order valence-corrected chi connectivity index (χ3v) is 6.28. The number of thioether (sulfide) groups is 1. The fourth-order valence-electron chi connectivity index (χ4n) is 2.71. The lowest BCUT2D eigenvalue weighted by atomic mass is 10.2. The van der Waals surface area contributed by atoms with Crippen LogP contribution in [-0.2, 0) is 9.30 Å². The van der Waals surface area contributed by atoms with Crippen LogP contribution in [0.3, 0.4) is 0 Å². The summed E-state index contributed by atoms with van der Waals surface area (Å²) in [5.74, 6) is 1.98. The van der Waals surface area contributed by atoms with Crippen LogP contribution in [0.2, 0.25) is 0 Å². The fraction of sp³-hybridized carbons (Fsp3) is 0.333. The Balaban J connectivity index is 2.34. The lowest BCUT2D eigenvalue weighted by Gasteiger charge is -2.27. The van der Waals surface area contributed by atoms with Gasteiger partial charge < -0.3 is 13.8 Å². The molecule has 168 valence electrons. The molecule has 31 heavy (non-hydrogen) atoms. The summed E-state index contributed by atoms with van der Waals surface area (Å²) in [5, 5.41) is 13.9. The molecular weight excluding hydrogens is 439 g/mol. The van der Waals surface area contributed by atoms with Crippen molar-refractivity contribution in [2.75, 3.05) is 18.6 Å². The van der Waals surface area contributed by atoms with E-state index in [-0.39, 0.29) is 11.4 Å². The molecule has 2 aromatic rings. The summed E-state index contributed by atoms with van der Waals surface area (Å²) in [7, 11) is -3.94. The summed E-state index contributed by atoms with van der Waals surface area (Å²) in [4.78, 5) is 10.4. The van der Waals surface area contributed by atoms with Crippen molar-refractivity contribution in [3.63, 3.8) is 0 Å². The number of benzene rings is 2. The minimum Gasteiger partial charge on any atom is -0.497 e. The molecule has 1 N–H and O–H groups in total. The van der Waals surface area contributed by atoms with Crippen LogP contribution in [0.1, 0.15) is 20.3 Å². The van der Waals surface area contributed by atoms with Gasteiger partial charge in [0.1, 0.15) is 17.3 Å². The summed E-state index contributed by atoms with van der Waals surface area (Å²) < 4.78 is 31.0. The van der Waals surface area contributed by atoms with Gasteiger partial charge in [0.2, 0.25) is 0 Å². The molecule has 2 rings (SSSR count). The second kappa shape index (κ2) is 12.4. The number of nitro benzene ring substituents is 1. The Morgan fingerprint density at radius 2 is 1.77 bits per heavy atom. The maximum Gasteiger partial charge on any atom is 0.513 e. The Labute approximate surface area is 186 Å². The third kappa shape index (κ3) is 7.94. The first kappa shape index (κ1) is 24.8. The second-order valence-corrected chi connectivity index (χ2v) is 8.94. The third-order valence-electron chi connectivity index (χ3n) is 4.11. The molecule has 0 bridgehead atoms. The lowest BCUT2D eigenvalue weighted by molar-refractivity contribution is -0.384. The highest BCUT2D eigenvalue weighted by atomic mass is 32.2. The zero-order valence-corrected chi connectivity index (χ0v) is 19.4. The van der Waals surface area contributed by atoms with Gasteiger partial charge in [0.05, 0.1) is 17.6 Å². The Morgan fingerprint density at radius 1 is 1.16 bits per heavy atom. The van der Waals surface area contributed by atoms with E-state index in [2.05, 4.69) is 5.09 Å². The van der Waals surface area contributed by atoms with E-state index >= 15 is 0 Å². The molecule has 10 heteroatoms. The molecule has 0 spiro atoms. The number of allylic oxidation sites excluding steroid dienone is 1. The van der Waals surface area contributed by atoms with Crippen LogP contribution in [0, 0.1) is 10.1 Å². The zero-order valence-electron chi connectivity index (χ0n) is 17.7. The van der Waals surface area contributed by atoms with Gasteiger partial charge in [-0.25, -0.2) is 4.57 Å². The number of hydrogen-bond acceptors (Lipinski definition) is 7. The van der Waals surface area contributed by atoms with Gasteiger partial charge in [-0.2, -0.15) is 16.8 Å². The molecule has 0 amide bonds. The largest absolute Gasteiger partial charge is 0.513 e. The highest BCUT2D eigenvalue weighted by Gasteiger charge is 2.34. The van der Waals surface area contributed by atoms with Crippen LogP contribution in [-0.4, -0.2) is 29.6 Å². The molecular formula is C21H27N2O6PS. The quantitative estimate of drug-likeness (QED) is 0.171. The molecule has 0 heterocycles. The normalized spacial score (nSPS) is 14.4. The lowest BCUT2D eigenvalue weighted by Crippen LogP contribution is -2.33. The van der Waals surface area contributed by atoms with Crippen LogP contribution in [0.4, 0.5) is 5.69 Å². The standard InChI is InChI=1S/C21H27N2O6PS/c1-4-21(27-5-2)20(15-16-31-3)22-30(26,28-18-9-7-6-8-10-18)29-19-13-11-17(12-14-19)23(24)25/h4,6-14,20H,5,15-16H2,1-3H3,(H,22,26)/t20-,30?/m0/s1. The van der Waals surface area contributed by atoms with Crippen molar-refractivity contribution in [1.82, 2.24) is 5.09 Å². The number of nitrogens with zero attached hydrogens (tertiary/aromatic N) is 1. The van der Waals surface area contributed by atoms with E-state index in [0.29, 0.717) is 24.5 Å². The van der Waals surface area contributed by atoms with E-state index in [4.69, 9.17) is 13.8 Å². The minimum atomic E-state index is -3.94. The van der Waals surface area contributed by atoms with Gasteiger partial charge >= 0.3 is 7.75 Å². The highest BCUT2D eigenvalue weighted by molar-refractivity contribution is 7.98. The zero-order chi connectivity index (χ0) is 22.7. The topological polar surface area (TPSA) is 99.9 Å². The molecule has 2 aromatic carbocycles. The van der Waals surface area contributed by atoms with Gasteiger partial charge in [-0.3, -0.25) is 10.1 Å². The first-order valence-electron chi connectivity index (χ1n) is 9.75. The number of ether oxygens (including phenoxy) is 1. The van der Waals surface area contributed by atoms with Crippen molar-refractivity contribution in [2.45, 2.75) is 26.3 Å². The Kier molecular flexibility index (Phi) is 9.91. The van der Waals surface area contributed by atoms with E-state index in [1.807, 2.05) is 32.2 Å². The summed E-state index contributed by atoms with van der Waals surface area (Å²) in [6, 6.07) is 13.6. The number of nitrogens with one attached hydrogen (secondary N) is 1. The van der Waals surface area contributed by atoms with E-state index in [0.717, 1.165) is 5.75 Å². The van der Waals surface area contributed by atoms with E-state index in [9.17, 15) is 14.7 Å². The van der Waals surface area contributed by atoms with Crippen LogP contribution in [0.5, 0.6) is 11.5 Å². The monoisotopic (exact) mass is 466 g/mol. The van der Waals surface area contributed by atoms with Crippen LogP contribution < -0.4 is 14.1 Å². The number of hydrogen-bond donors (Lipinski definition) is 1. The summed E-state index contributed by atoms with van der Waals surface area (Å²) >= 11 is 1.66. The van der Waals surface area contributed by atoms with Crippen molar-refractivity contribution in [2.24, 2.45) is 0 Å². The second-order valence-electron chi connectivity index (χ2n) is 6.33. The Morgan fingerprint density at radius 3 is 2.29 bits per heavy atom. The average molecular weight is 466 g/mol. The van der Waals surface area contributed by atoms with E-state index in [1.54, 1.807) is 36.0 Å². The number of rotatable bonds is 13. The van der Waals surface area contributed by atoms with Crippen molar-refractivity contribution in [3.05, 3.63) is 76.5 Å². The molecule has 8 nitrogen and oxygen atoms in total. The van der Waals surface area contributed by atoms with E-state index < -0.39 is 18.7 Å². The van der Waals surface area contributed by atoms with Crippen LogP contribution in [0.25, 0.3) is 0 Å². The molecule has 2 atom stereocenters. The van der Waals surface area contributed by atoms with Gasteiger partial charge in [-0.1, -0.05) is 18.2 Å². The first-order chi connectivity index (χ1) is 14.9. The number of non-ortho nitro benzene ring substituents is 1. The molecule has 0 fully saturated rings. The molecule has 0 aliphatic heterocycles. The van der Waals surface area contributed by atoms with Gasteiger partial charge in [0, 0.05) is 12.1 Å². The van der Waals surface area contributed by atoms with Gasteiger partial charge in [0.15, 0.2) is 0 Å². The van der Waals surface area contributed by atoms with Crippen molar-refractivity contribution < 1.29 is 23.3 Å². The molecule has 0 saturated heterocycles. The van der Waals surface area contributed by atoms with Crippen molar-refractivity contribution in [3.8, 4) is 11.5 Å². The predicted molar refractivity (Wildman–Crippen MR) is 124 cm³/mol. The molecule has 1 unspecified atom stereocenters. The average Bonchev–Trinajstić information content (AvgIpc) is 2.76. The summed E-state index contributed by atoms with van der Waals surface area (Å²) in [6.45, 7) is 4.19. The number of para-hydroxylation sites is 1. The molecule has 0 radical (unpaired) electrons. The minimum absolute atomic E-state index is 0.0930. The number of nitro groups is 1. The van der Waals surface area contributed by atoms with Gasteiger partial charge in [-0.15, -0.1) is 0 Å². The summed E-state index contributed by atoms with van der Waals surface area (Å²) in [6.07, 6.45) is 4.44. The first-order valence-corrected chi connectivity index (χ1v) is 12.7. The van der Waals surface area contributed by atoms with E-state index in [1.165, 1.54) is 24.3 Å². The highest BCUT2D eigenvalue weighted by Crippen LogP contribution is 2.46. The maximum atomic E-state index is 13.8. The summed E-state index contributed by atoms with van der Waals surface area (Å²) in [5.41, 5.74) is -0.0930. The smallest absolute Gasteiger partial charge is 0.497 e. The molecule has 0 aromatic heterocycles. The molecule has 0 aliphatic rings. The van der Waals surface area contributed by atoms with Crippen molar-refractivity contribution >= 4 is 25.2 Å². The maximum absolute atomic E-state index is 13.8.